The maximum absolute atomic E-state index is 14.3. The largest absolute Gasteiger partial charge is 0.309 e. The molecule has 0 saturated heterocycles. The number of nitrogens with one attached hydrogen (secondary N) is 1. The van der Waals surface area contributed by atoms with Gasteiger partial charge in [0.2, 0.25) is 0 Å². The van der Waals surface area contributed by atoms with E-state index >= 15 is 0 Å². The average Bonchev–Trinajstić information content (AvgIpc) is 2.35. The molecule has 3 heteroatoms. The molecule has 2 nitrogen and oxygen atoms in total. The predicted molar refractivity (Wildman–Crippen MR) is 75.8 cm³/mol. The molecule has 0 aliphatic heterocycles. The lowest BCUT2D eigenvalue weighted by Crippen LogP contribution is -2.20. The number of halogens is 1. The molecule has 100 valence electrons. The van der Waals surface area contributed by atoms with Crippen LogP contribution in [0.15, 0.2) is 30.5 Å². The smallest absolute Gasteiger partial charge is 0.128 e. The molecule has 1 atom stereocenters. The topological polar surface area (TPSA) is 24.9 Å². The highest BCUT2D eigenvalue weighted by Crippen LogP contribution is 2.27. The maximum Gasteiger partial charge on any atom is 0.128 e. The summed E-state index contributed by atoms with van der Waals surface area (Å²) in [7, 11) is 1.84. The van der Waals surface area contributed by atoms with Crippen molar-refractivity contribution in [2.24, 2.45) is 0 Å². The number of aryl methyl sites for hydroxylation is 3. The molecular weight excluding hydrogens is 239 g/mol. The van der Waals surface area contributed by atoms with Crippen LogP contribution in [0.2, 0.25) is 0 Å². The van der Waals surface area contributed by atoms with Gasteiger partial charge in [-0.1, -0.05) is 12.1 Å². The average molecular weight is 258 g/mol. The lowest BCUT2D eigenvalue weighted by Gasteiger charge is -2.20. The molecule has 0 radical (unpaired) electrons. The molecule has 0 spiro atoms. The molecule has 2 aromatic rings. The molecule has 1 heterocycles. The highest BCUT2D eigenvalue weighted by atomic mass is 19.1. The first-order chi connectivity index (χ1) is 9.02. The molecule has 1 unspecified atom stereocenters. The SMILES string of the molecule is CNC(c1ccc(C)nc1)c1c(C)cc(C)cc1F. The third-order valence-corrected chi connectivity index (χ3v) is 3.33. The number of hydrogen-bond donors (Lipinski definition) is 1. The molecule has 19 heavy (non-hydrogen) atoms. The fourth-order valence-corrected chi connectivity index (χ4v) is 2.42. The first kappa shape index (κ1) is 13.7. The van der Waals surface area contributed by atoms with Gasteiger partial charge in [-0.3, -0.25) is 4.98 Å². The Morgan fingerprint density at radius 3 is 2.42 bits per heavy atom. The molecular formula is C16H19FN2. The summed E-state index contributed by atoms with van der Waals surface area (Å²) in [5, 5.41) is 3.18. The van der Waals surface area contributed by atoms with Gasteiger partial charge in [-0.2, -0.15) is 0 Å². The summed E-state index contributed by atoms with van der Waals surface area (Å²) in [5.74, 6) is -0.169. The zero-order valence-corrected chi connectivity index (χ0v) is 11.8. The van der Waals surface area contributed by atoms with E-state index in [0.717, 1.165) is 22.4 Å². The van der Waals surface area contributed by atoms with Crippen molar-refractivity contribution in [2.75, 3.05) is 7.05 Å². The number of hydrogen-bond acceptors (Lipinski definition) is 2. The van der Waals surface area contributed by atoms with Crippen LogP contribution in [0.4, 0.5) is 4.39 Å². The minimum Gasteiger partial charge on any atom is -0.309 e. The van der Waals surface area contributed by atoms with Gasteiger partial charge in [-0.25, -0.2) is 4.39 Å². The first-order valence-electron chi connectivity index (χ1n) is 6.39. The van der Waals surface area contributed by atoms with Crippen LogP contribution in [0.5, 0.6) is 0 Å². The molecule has 0 aliphatic carbocycles. The van der Waals surface area contributed by atoms with E-state index in [-0.39, 0.29) is 11.9 Å². The van der Waals surface area contributed by atoms with E-state index in [9.17, 15) is 4.39 Å². The second-order valence-electron chi connectivity index (χ2n) is 4.93. The number of pyridine rings is 1. The van der Waals surface area contributed by atoms with Crippen molar-refractivity contribution in [3.63, 3.8) is 0 Å². The van der Waals surface area contributed by atoms with Gasteiger partial charge in [-0.15, -0.1) is 0 Å². The van der Waals surface area contributed by atoms with Crippen molar-refractivity contribution in [1.29, 1.82) is 0 Å². The molecule has 1 N–H and O–H groups in total. The van der Waals surface area contributed by atoms with Crippen LogP contribution < -0.4 is 5.32 Å². The van der Waals surface area contributed by atoms with Crippen molar-refractivity contribution in [3.05, 3.63) is 64.2 Å². The highest BCUT2D eigenvalue weighted by molar-refractivity contribution is 5.39. The van der Waals surface area contributed by atoms with Gasteiger partial charge in [0.1, 0.15) is 5.82 Å². The summed E-state index contributed by atoms with van der Waals surface area (Å²) >= 11 is 0. The zero-order valence-electron chi connectivity index (χ0n) is 11.8. The Hall–Kier alpha value is -1.74. The Labute approximate surface area is 113 Å². The van der Waals surface area contributed by atoms with Gasteiger partial charge in [0.05, 0.1) is 6.04 Å². The standard InChI is InChI=1S/C16H19FN2/c1-10-7-11(2)15(14(17)8-10)16(18-4)13-6-5-12(3)19-9-13/h5-9,16,18H,1-4H3. The summed E-state index contributed by atoms with van der Waals surface area (Å²) in [4.78, 5) is 4.29. The quantitative estimate of drug-likeness (QED) is 0.912. The molecule has 0 fully saturated rings. The summed E-state index contributed by atoms with van der Waals surface area (Å²) in [6, 6.07) is 7.34. The Kier molecular flexibility index (Phi) is 3.96. The Morgan fingerprint density at radius 2 is 1.89 bits per heavy atom. The van der Waals surface area contributed by atoms with E-state index in [0.29, 0.717) is 5.56 Å². The number of rotatable bonds is 3. The molecule has 1 aromatic carbocycles. The van der Waals surface area contributed by atoms with Crippen molar-refractivity contribution in [1.82, 2.24) is 10.3 Å². The normalized spacial score (nSPS) is 12.5. The second kappa shape index (κ2) is 5.49. The van der Waals surface area contributed by atoms with Crippen LogP contribution in [0, 0.1) is 26.6 Å². The highest BCUT2D eigenvalue weighted by Gasteiger charge is 2.19. The van der Waals surface area contributed by atoms with Crippen LogP contribution in [-0.2, 0) is 0 Å². The van der Waals surface area contributed by atoms with Crippen molar-refractivity contribution >= 4 is 0 Å². The van der Waals surface area contributed by atoms with E-state index in [2.05, 4.69) is 10.3 Å². The predicted octanol–water partition coefficient (Wildman–Crippen LogP) is 3.45. The lowest BCUT2D eigenvalue weighted by molar-refractivity contribution is 0.571. The van der Waals surface area contributed by atoms with Crippen LogP contribution in [-0.4, -0.2) is 12.0 Å². The molecule has 0 bridgehead atoms. The van der Waals surface area contributed by atoms with Gasteiger partial charge in [0.25, 0.3) is 0 Å². The molecule has 1 aromatic heterocycles. The second-order valence-corrected chi connectivity index (χ2v) is 4.93. The summed E-state index contributed by atoms with van der Waals surface area (Å²) < 4.78 is 14.3. The minimum absolute atomic E-state index is 0.169. The van der Waals surface area contributed by atoms with Gasteiger partial charge >= 0.3 is 0 Å². The number of nitrogens with zero attached hydrogens (tertiary/aromatic N) is 1. The van der Waals surface area contributed by atoms with E-state index in [1.807, 2.05) is 46.0 Å². The van der Waals surface area contributed by atoms with Gasteiger partial charge in [0.15, 0.2) is 0 Å². The zero-order chi connectivity index (χ0) is 14.0. The monoisotopic (exact) mass is 258 g/mol. The van der Waals surface area contributed by atoms with Crippen molar-refractivity contribution < 1.29 is 4.39 Å². The molecule has 0 aliphatic rings. The third kappa shape index (κ3) is 2.82. The minimum atomic E-state index is -0.173. The van der Waals surface area contributed by atoms with Crippen LogP contribution in [0.25, 0.3) is 0 Å². The van der Waals surface area contributed by atoms with Crippen molar-refractivity contribution in [2.45, 2.75) is 26.8 Å². The van der Waals surface area contributed by atoms with E-state index in [1.54, 1.807) is 12.3 Å². The van der Waals surface area contributed by atoms with Crippen molar-refractivity contribution in [3.8, 4) is 0 Å². The number of benzene rings is 1. The van der Waals surface area contributed by atoms with Gasteiger partial charge in [-0.05, 0) is 56.6 Å². The fourth-order valence-electron chi connectivity index (χ4n) is 2.42. The van der Waals surface area contributed by atoms with E-state index in [1.165, 1.54) is 0 Å². The lowest BCUT2D eigenvalue weighted by atomic mass is 9.94. The maximum atomic E-state index is 14.3. The van der Waals surface area contributed by atoms with E-state index in [4.69, 9.17) is 0 Å². The summed E-state index contributed by atoms with van der Waals surface area (Å²) in [6.45, 7) is 5.79. The molecule has 2 rings (SSSR count). The Bertz CT molecular complexity index is 553. The summed E-state index contributed by atoms with van der Waals surface area (Å²) in [6.07, 6.45) is 1.80. The van der Waals surface area contributed by atoms with Gasteiger partial charge < -0.3 is 5.32 Å². The van der Waals surface area contributed by atoms with Crippen LogP contribution in [0.1, 0.15) is 34.0 Å². The number of aromatic nitrogens is 1. The summed E-state index contributed by atoms with van der Waals surface area (Å²) in [5.41, 5.74) is 4.52. The van der Waals surface area contributed by atoms with Crippen LogP contribution in [0.3, 0.4) is 0 Å². The Balaban J connectivity index is 2.51. The molecule has 0 amide bonds. The fraction of sp³-hybridized carbons (Fsp3) is 0.312. The third-order valence-electron chi connectivity index (χ3n) is 3.33. The molecule has 0 saturated carbocycles. The van der Waals surface area contributed by atoms with Crippen LogP contribution >= 0.6 is 0 Å². The van der Waals surface area contributed by atoms with Gasteiger partial charge in [0, 0.05) is 17.5 Å². The first-order valence-corrected chi connectivity index (χ1v) is 6.39. The Morgan fingerprint density at radius 1 is 1.16 bits per heavy atom. The van der Waals surface area contributed by atoms with E-state index < -0.39 is 0 Å².